The van der Waals surface area contributed by atoms with Gasteiger partial charge in [0.1, 0.15) is 0 Å². The Kier molecular flexibility index (Phi) is 5.20. The summed E-state index contributed by atoms with van der Waals surface area (Å²) in [5.41, 5.74) is 2.82. The van der Waals surface area contributed by atoms with Crippen LogP contribution in [0.25, 0.3) is 0 Å². The minimum absolute atomic E-state index is 0.0849. The monoisotopic (exact) mass is 271 g/mol. The molecule has 1 aromatic carbocycles. The first-order chi connectivity index (χ1) is 9.70. The zero-order valence-electron chi connectivity index (χ0n) is 11.9. The molecule has 20 heavy (non-hydrogen) atoms. The zero-order valence-corrected chi connectivity index (χ0v) is 11.9. The number of amides is 1. The maximum absolute atomic E-state index is 12.1. The summed E-state index contributed by atoms with van der Waals surface area (Å²) in [5.74, 6) is 6.26. The molecule has 0 aliphatic heterocycles. The molecular formula is C17H21NO2. The number of carbonyl (C=O) groups excluding carboxylic acids is 1. The summed E-state index contributed by atoms with van der Waals surface area (Å²) in [6.07, 6.45) is 4.83. The Morgan fingerprint density at radius 3 is 2.80 bits per heavy atom. The summed E-state index contributed by atoms with van der Waals surface area (Å²) in [6.45, 7) is 2.07. The maximum atomic E-state index is 12.1. The van der Waals surface area contributed by atoms with E-state index in [0.29, 0.717) is 6.42 Å². The summed E-state index contributed by atoms with van der Waals surface area (Å²) in [4.78, 5) is 12.1. The van der Waals surface area contributed by atoms with E-state index >= 15 is 0 Å². The van der Waals surface area contributed by atoms with E-state index in [2.05, 4.69) is 17.2 Å². The van der Waals surface area contributed by atoms with Gasteiger partial charge >= 0.3 is 0 Å². The molecule has 3 heteroatoms. The fourth-order valence-electron chi connectivity index (χ4n) is 2.53. The average Bonchev–Trinajstić information content (AvgIpc) is 2.95. The predicted molar refractivity (Wildman–Crippen MR) is 80.3 cm³/mol. The van der Waals surface area contributed by atoms with E-state index in [0.717, 1.165) is 42.5 Å². The first-order valence-electron chi connectivity index (χ1n) is 7.22. The van der Waals surface area contributed by atoms with Gasteiger partial charge in [-0.15, -0.1) is 0 Å². The SMILES string of the molecule is Cc1cc(NC(=O)C2CCCC2)ccc1C#CCCO. The van der Waals surface area contributed by atoms with Crippen LogP contribution in [-0.2, 0) is 4.79 Å². The Morgan fingerprint density at radius 2 is 2.15 bits per heavy atom. The Morgan fingerprint density at radius 1 is 1.40 bits per heavy atom. The van der Waals surface area contributed by atoms with Crippen LogP contribution in [0.2, 0.25) is 0 Å². The number of aliphatic hydroxyl groups is 1. The van der Waals surface area contributed by atoms with E-state index in [4.69, 9.17) is 5.11 Å². The van der Waals surface area contributed by atoms with Crippen LogP contribution in [0.15, 0.2) is 18.2 Å². The van der Waals surface area contributed by atoms with Gasteiger partial charge in [-0.25, -0.2) is 0 Å². The molecule has 0 heterocycles. The summed E-state index contributed by atoms with van der Waals surface area (Å²) in [6, 6.07) is 5.77. The minimum atomic E-state index is 0.0849. The number of hydrogen-bond acceptors (Lipinski definition) is 2. The molecule has 0 radical (unpaired) electrons. The lowest BCUT2D eigenvalue weighted by molar-refractivity contribution is -0.119. The highest BCUT2D eigenvalue weighted by molar-refractivity contribution is 5.92. The highest BCUT2D eigenvalue weighted by atomic mass is 16.2. The van der Waals surface area contributed by atoms with Crippen LogP contribution in [0.5, 0.6) is 0 Å². The van der Waals surface area contributed by atoms with Gasteiger partial charge < -0.3 is 10.4 Å². The second-order valence-electron chi connectivity index (χ2n) is 5.28. The van der Waals surface area contributed by atoms with Crippen LogP contribution in [0.3, 0.4) is 0 Å². The molecule has 106 valence electrons. The van der Waals surface area contributed by atoms with Crippen molar-refractivity contribution in [1.29, 1.82) is 0 Å². The number of carbonyl (C=O) groups is 1. The van der Waals surface area contributed by atoms with Crippen LogP contribution in [0.4, 0.5) is 5.69 Å². The summed E-state index contributed by atoms with van der Waals surface area (Å²) in [7, 11) is 0. The lowest BCUT2D eigenvalue weighted by atomic mass is 10.1. The number of rotatable bonds is 3. The van der Waals surface area contributed by atoms with E-state index in [9.17, 15) is 4.79 Å². The molecule has 0 bridgehead atoms. The summed E-state index contributed by atoms with van der Waals surface area (Å²) in [5, 5.41) is 11.7. The second-order valence-corrected chi connectivity index (χ2v) is 5.28. The number of hydrogen-bond donors (Lipinski definition) is 2. The Hall–Kier alpha value is -1.79. The van der Waals surface area contributed by atoms with Gasteiger partial charge in [0, 0.05) is 23.6 Å². The second kappa shape index (κ2) is 7.12. The number of aryl methyl sites for hydroxylation is 1. The van der Waals surface area contributed by atoms with Crippen molar-refractivity contribution in [3.05, 3.63) is 29.3 Å². The van der Waals surface area contributed by atoms with Crippen LogP contribution >= 0.6 is 0 Å². The standard InChI is InChI=1S/C17H21NO2/c1-13-12-16(10-9-14(13)6-4-5-11-19)18-17(20)15-7-2-3-8-15/h9-10,12,15,19H,2-3,5,7-8,11H2,1H3,(H,18,20). The summed E-state index contributed by atoms with van der Waals surface area (Å²) < 4.78 is 0. The van der Waals surface area contributed by atoms with Crippen LogP contribution in [0, 0.1) is 24.7 Å². The fourth-order valence-corrected chi connectivity index (χ4v) is 2.53. The van der Waals surface area contributed by atoms with E-state index in [1.165, 1.54) is 0 Å². The van der Waals surface area contributed by atoms with E-state index in [1.54, 1.807) is 0 Å². The molecule has 0 saturated heterocycles. The molecular weight excluding hydrogens is 250 g/mol. The molecule has 1 saturated carbocycles. The first kappa shape index (κ1) is 14.6. The Labute approximate surface area is 120 Å². The van der Waals surface area contributed by atoms with Crippen LogP contribution in [0.1, 0.15) is 43.2 Å². The third-order valence-electron chi connectivity index (χ3n) is 3.68. The van der Waals surface area contributed by atoms with E-state index in [1.807, 2.05) is 25.1 Å². The van der Waals surface area contributed by atoms with E-state index in [-0.39, 0.29) is 18.4 Å². The van der Waals surface area contributed by atoms with Gasteiger partial charge in [0.25, 0.3) is 0 Å². The highest BCUT2D eigenvalue weighted by Crippen LogP contribution is 2.26. The lowest BCUT2D eigenvalue weighted by Crippen LogP contribution is -2.20. The van der Waals surface area contributed by atoms with Crippen LogP contribution < -0.4 is 5.32 Å². The molecule has 1 fully saturated rings. The molecule has 1 aromatic rings. The molecule has 0 spiro atoms. The lowest BCUT2D eigenvalue weighted by Gasteiger charge is -2.11. The number of anilines is 1. The molecule has 1 aliphatic rings. The van der Waals surface area contributed by atoms with Gasteiger partial charge in [0.15, 0.2) is 0 Å². The van der Waals surface area contributed by atoms with Crippen molar-refractivity contribution in [2.24, 2.45) is 5.92 Å². The summed E-state index contributed by atoms with van der Waals surface area (Å²) >= 11 is 0. The Bertz CT molecular complexity index is 534. The molecule has 0 aromatic heterocycles. The molecule has 2 rings (SSSR count). The molecule has 3 nitrogen and oxygen atoms in total. The average molecular weight is 271 g/mol. The smallest absolute Gasteiger partial charge is 0.227 e. The van der Waals surface area contributed by atoms with Crippen molar-refractivity contribution in [3.8, 4) is 11.8 Å². The van der Waals surface area contributed by atoms with Gasteiger partial charge in [0.05, 0.1) is 6.61 Å². The molecule has 0 unspecified atom stereocenters. The molecule has 1 amide bonds. The molecule has 2 N–H and O–H groups in total. The normalized spacial score (nSPS) is 14.7. The minimum Gasteiger partial charge on any atom is -0.395 e. The first-order valence-corrected chi connectivity index (χ1v) is 7.22. The maximum Gasteiger partial charge on any atom is 0.227 e. The molecule has 1 aliphatic carbocycles. The van der Waals surface area contributed by atoms with Crippen LogP contribution in [-0.4, -0.2) is 17.6 Å². The van der Waals surface area contributed by atoms with Crippen molar-refractivity contribution in [3.63, 3.8) is 0 Å². The van der Waals surface area contributed by atoms with E-state index < -0.39 is 0 Å². The topological polar surface area (TPSA) is 49.3 Å². The van der Waals surface area contributed by atoms with Gasteiger partial charge in [0.2, 0.25) is 5.91 Å². The third-order valence-corrected chi connectivity index (χ3v) is 3.68. The third kappa shape index (κ3) is 3.85. The quantitative estimate of drug-likeness (QED) is 0.831. The van der Waals surface area contributed by atoms with Crippen molar-refractivity contribution in [1.82, 2.24) is 0 Å². The number of benzene rings is 1. The van der Waals surface area contributed by atoms with Crippen molar-refractivity contribution < 1.29 is 9.90 Å². The fraction of sp³-hybridized carbons (Fsp3) is 0.471. The van der Waals surface area contributed by atoms with Gasteiger partial charge in [-0.3, -0.25) is 4.79 Å². The number of aliphatic hydroxyl groups excluding tert-OH is 1. The predicted octanol–water partition coefficient (Wildman–Crippen LogP) is 2.86. The van der Waals surface area contributed by atoms with Gasteiger partial charge in [-0.1, -0.05) is 24.7 Å². The zero-order chi connectivity index (χ0) is 14.4. The van der Waals surface area contributed by atoms with Gasteiger partial charge in [-0.2, -0.15) is 0 Å². The Balaban J connectivity index is 2.01. The molecule has 0 atom stereocenters. The van der Waals surface area contributed by atoms with Crippen molar-refractivity contribution in [2.45, 2.75) is 39.0 Å². The van der Waals surface area contributed by atoms with Crippen molar-refractivity contribution in [2.75, 3.05) is 11.9 Å². The van der Waals surface area contributed by atoms with Gasteiger partial charge in [-0.05, 0) is 43.5 Å². The highest BCUT2D eigenvalue weighted by Gasteiger charge is 2.22. The largest absolute Gasteiger partial charge is 0.395 e. The van der Waals surface area contributed by atoms with Crippen molar-refractivity contribution >= 4 is 11.6 Å². The number of nitrogens with one attached hydrogen (secondary N) is 1.